The number of rotatable bonds is 1. The second-order valence-electron chi connectivity index (χ2n) is 3.54. The first-order chi connectivity index (χ1) is 7.34. The van der Waals surface area contributed by atoms with Crippen molar-refractivity contribution in [2.75, 3.05) is 0 Å². The molecule has 3 nitrogen and oxygen atoms in total. The van der Waals surface area contributed by atoms with E-state index in [-0.39, 0.29) is 0 Å². The summed E-state index contributed by atoms with van der Waals surface area (Å²) in [6, 6.07) is 11.1. The topological polar surface area (TPSA) is 22.8 Å². The van der Waals surface area contributed by atoms with Crippen molar-refractivity contribution in [2.45, 2.75) is 0 Å². The highest BCUT2D eigenvalue weighted by atomic mass is 15.3. The number of nitrogens with zero attached hydrogens (tertiary/aromatic N) is 3. The molecule has 3 rings (SSSR count). The average molecular weight is 196 g/mol. The maximum absolute atomic E-state index is 4.17. The van der Waals surface area contributed by atoms with E-state index in [9.17, 15) is 0 Å². The lowest BCUT2D eigenvalue weighted by Crippen LogP contribution is -1.89. The zero-order valence-electron chi connectivity index (χ0n) is 8.38. The predicted molar refractivity (Wildman–Crippen MR) is 58.9 cm³/mol. The summed E-state index contributed by atoms with van der Waals surface area (Å²) >= 11 is 0. The number of fused-ring (bicyclic) bond motifs is 1. The zero-order chi connectivity index (χ0) is 10.3. The van der Waals surface area contributed by atoms with Crippen LogP contribution in [0.5, 0.6) is 0 Å². The van der Waals surface area contributed by atoms with Crippen molar-refractivity contribution in [3.05, 3.63) is 48.9 Å². The van der Waals surface area contributed by atoms with Gasteiger partial charge in [0.05, 0.1) is 17.4 Å². The molecule has 0 aliphatic heterocycles. The summed E-state index contributed by atoms with van der Waals surface area (Å²) in [5.74, 6) is 0. The van der Waals surface area contributed by atoms with Crippen molar-refractivity contribution in [1.82, 2.24) is 14.3 Å². The lowest BCUT2D eigenvalue weighted by molar-refractivity contribution is 0.767. The molecule has 0 amide bonds. The fourth-order valence-corrected chi connectivity index (χ4v) is 1.78. The monoisotopic (exact) mass is 196 g/mol. The van der Waals surface area contributed by atoms with E-state index in [1.807, 2.05) is 31.6 Å². The molecule has 3 aromatic rings. The van der Waals surface area contributed by atoms with Crippen molar-refractivity contribution < 1.29 is 0 Å². The Bertz CT molecular complexity index is 604. The Labute approximate surface area is 87.6 Å². The van der Waals surface area contributed by atoms with E-state index in [0.717, 1.165) is 5.69 Å². The highest BCUT2D eigenvalue weighted by Crippen LogP contribution is 2.19. The minimum Gasteiger partial charge on any atom is -0.314 e. The molecule has 73 valence electrons. The second kappa shape index (κ2) is 2.98. The smallest absolute Gasteiger partial charge is 0.0838 e. The molecule has 0 unspecified atom stereocenters. The van der Waals surface area contributed by atoms with Gasteiger partial charge >= 0.3 is 0 Å². The largest absolute Gasteiger partial charge is 0.314 e. The van der Waals surface area contributed by atoms with Crippen LogP contribution >= 0.6 is 0 Å². The van der Waals surface area contributed by atoms with Gasteiger partial charge < -0.3 is 4.57 Å². The summed E-state index contributed by atoms with van der Waals surface area (Å²) in [5.41, 5.74) is 2.26. The van der Waals surface area contributed by atoms with Crippen molar-refractivity contribution in [3.8, 4) is 5.69 Å². The van der Waals surface area contributed by atoms with Crippen LogP contribution in [0.25, 0.3) is 16.6 Å². The molecule has 0 N–H and O–H groups in total. The molecule has 0 fully saturated rings. The Morgan fingerprint density at radius 3 is 3.07 bits per heavy atom. The minimum atomic E-state index is 1.08. The summed E-state index contributed by atoms with van der Waals surface area (Å²) < 4.78 is 3.92. The van der Waals surface area contributed by atoms with Gasteiger partial charge in [-0.05, 0) is 24.3 Å². The van der Waals surface area contributed by atoms with Gasteiger partial charge in [0.15, 0.2) is 0 Å². The molecule has 0 aliphatic rings. The summed E-state index contributed by atoms with van der Waals surface area (Å²) in [5, 5.41) is 5.36. The molecule has 0 aliphatic carbocycles. The van der Waals surface area contributed by atoms with Gasteiger partial charge in [-0.15, -0.1) is 0 Å². The molecule has 0 atom stereocenters. The minimum absolute atomic E-state index is 1.08. The van der Waals surface area contributed by atoms with E-state index in [1.54, 1.807) is 4.68 Å². The third kappa shape index (κ3) is 1.24. The first-order valence-electron chi connectivity index (χ1n) is 4.81. The second-order valence-corrected chi connectivity index (χ2v) is 3.54. The lowest BCUT2D eigenvalue weighted by Gasteiger charge is -1.99. The fraction of sp³-hybridized carbons (Fsp3) is 0.0833. The molecule has 15 heavy (non-hydrogen) atoms. The van der Waals surface area contributed by atoms with Gasteiger partial charge in [-0.25, -0.2) is 0 Å². The molecule has 0 spiro atoms. The summed E-state index contributed by atoms with van der Waals surface area (Å²) in [4.78, 5) is 0. The van der Waals surface area contributed by atoms with Gasteiger partial charge in [0.2, 0.25) is 0 Å². The van der Waals surface area contributed by atoms with E-state index in [4.69, 9.17) is 0 Å². The number of aryl methyl sites for hydroxylation is 1. The van der Waals surface area contributed by atoms with E-state index in [1.165, 1.54) is 10.9 Å². The molecule has 3 heteroatoms. The van der Waals surface area contributed by atoms with Gasteiger partial charge in [-0.2, -0.15) is 5.10 Å². The summed E-state index contributed by atoms with van der Waals surface area (Å²) in [6.45, 7) is 0. The van der Waals surface area contributed by atoms with Gasteiger partial charge in [-0.1, -0.05) is 6.07 Å². The average Bonchev–Trinajstić information content (AvgIpc) is 2.83. The van der Waals surface area contributed by atoms with E-state index in [0.29, 0.717) is 0 Å². The van der Waals surface area contributed by atoms with Crippen LogP contribution < -0.4 is 0 Å². The van der Waals surface area contributed by atoms with Crippen LogP contribution in [0.2, 0.25) is 0 Å². The molecule has 1 aromatic carbocycles. The fourth-order valence-electron chi connectivity index (χ4n) is 1.78. The molecule has 1 radical (unpaired) electrons. The lowest BCUT2D eigenvalue weighted by atomic mass is 10.2. The standard InChI is InChI=1S/C12H10N3/c1-14-9-11(8-13-14)15-7-6-10-4-2-3-5-12(10)15/h3-9H,1H3. The van der Waals surface area contributed by atoms with Crippen LogP contribution in [0.3, 0.4) is 0 Å². The maximum atomic E-state index is 4.17. The number of hydrogen-bond acceptors (Lipinski definition) is 1. The molecule has 2 aromatic heterocycles. The number of hydrogen-bond donors (Lipinski definition) is 0. The van der Waals surface area contributed by atoms with Crippen LogP contribution in [0.1, 0.15) is 0 Å². The Morgan fingerprint density at radius 2 is 2.27 bits per heavy atom. The first kappa shape index (κ1) is 8.29. The van der Waals surface area contributed by atoms with Crippen LogP contribution in [-0.4, -0.2) is 14.3 Å². The van der Waals surface area contributed by atoms with Gasteiger partial charge in [-0.3, -0.25) is 4.68 Å². The van der Waals surface area contributed by atoms with Crippen LogP contribution in [0, 0.1) is 6.07 Å². The van der Waals surface area contributed by atoms with Crippen molar-refractivity contribution >= 4 is 10.9 Å². The highest BCUT2D eigenvalue weighted by Gasteiger charge is 2.03. The van der Waals surface area contributed by atoms with Crippen molar-refractivity contribution in [3.63, 3.8) is 0 Å². The van der Waals surface area contributed by atoms with Crippen molar-refractivity contribution in [1.29, 1.82) is 0 Å². The number of aromatic nitrogens is 3. The third-order valence-electron chi connectivity index (χ3n) is 2.50. The Hall–Kier alpha value is -2.03. The Balaban J connectivity index is 2.27. The Morgan fingerprint density at radius 1 is 1.33 bits per heavy atom. The highest BCUT2D eigenvalue weighted by molar-refractivity contribution is 5.81. The SMILES string of the molecule is Cn1cc(-n2ccc3c[c]ccc32)cn1. The molecular formula is C12H10N3. The van der Waals surface area contributed by atoms with Crippen LogP contribution in [0.15, 0.2) is 42.9 Å². The van der Waals surface area contributed by atoms with Gasteiger partial charge in [0, 0.05) is 24.8 Å². The van der Waals surface area contributed by atoms with E-state index < -0.39 is 0 Å². The van der Waals surface area contributed by atoms with E-state index in [2.05, 4.69) is 34.1 Å². The summed E-state index contributed by atoms with van der Waals surface area (Å²) in [6.07, 6.45) is 5.90. The van der Waals surface area contributed by atoms with Crippen LogP contribution in [0.4, 0.5) is 0 Å². The Kier molecular flexibility index (Phi) is 1.65. The third-order valence-corrected chi connectivity index (χ3v) is 2.50. The van der Waals surface area contributed by atoms with E-state index >= 15 is 0 Å². The maximum Gasteiger partial charge on any atom is 0.0838 e. The normalized spacial score (nSPS) is 11.0. The quantitative estimate of drug-likeness (QED) is 0.584. The zero-order valence-corrected chi connectivity index (χ0v) is 8.38. The summed E-state index contributed by atoms with van der Waals surface area (Å²) in [7, 11) is 1.92. The van der Waals surface area contributed by atoms with Crippen molar-refractivity contribution in [2.24, 2.45) is 7.05 Å². The molecular weight excluding hydrogens is 186 g/mol. The van der Waals surface area contributed by atoms with Gasteiger partial charge in [0.25, 0.3) is 0 Å². The van der Waals surface area contributed by atoms with Crippen LogP contribution in [-0.2, 0) is 7.05 Å². The van der Waals surface area contributed by atoms with Gasteiger partial charge in [0.1, 0.15) is 0 Å². The molecule has 0 bridgehead atoms. The molecule has 0 saturated heterocycles. The predicted octanol–water partition coefficient (Wildman–Crippen LogP) is 2.16. The molecule has 2 heterocycles. The molecule has 0 saturated carbocycles. The first-order valence-corrected chi connectivity index (χ1v) is 4.81. The number of benzene rings is 1.